The molecule has 2 aromatic rings. The van der Waals surface area contributed by atoms with Gasteiger partial charge in [0.1, 0.15) is 0 Å². The number of carbonyl (C=O) groups excluding carboxylic acids is 1. The molecule has 1 aromatic carbocycles. The monoisotopic (exact) mass is 430 g/mol. The van der Waals surface area contributed by atoms with Crippen LogP contribution in [-0.4, -0.2) is 20.4 Å². The Balaban J connectivity index is 1.29. The van der Waals surface area contributed by atoms with Crippen LogP contribution in [0.1, 0.15) is 50.0 Å². The van der Waals surface area contributed by atoms with Gasteiger partial charge in [-0.15, -0.1) is 0 Å². The largest absolute Gasteiger partial charge is 0.455 e. The summed E-state index contributed by atoms with van der Waals surface area (Å²) in [6, 6.07) is 7.89. The van der Waals surface area contributed by atoms with E-state index in [9.17, 15) is 4.79 Å². The van der Waals surface area contributed by atoms with Crippen LogP contribution in [0.4, 0.5) is 0 Å². The molecule has 4 bridgehead atoms. The van der Waals surface area contributed by atoms with E-state index in [1.807, 2.05) is 31.2 Å². The van der Waals surface area contributed by atoms with Crippen molar-refractivity contribution in [3.05, 3.63) is 35.7 Å². The predicted octanol–water partition coefficient (Wildman–Crippen LogP) is 4.82. The van der Waals surface area contributed by atoms with E-state index in [0.29, 0.717) is 23.6 Å². The third-order valence-corrected chi connectivity index (χ3v) is 7.53. The maximum atomic E-state index is 13.0. The molecule has 6 heteroatoms. The molecule has 27 heavy (non-hydrogen) atoms. The molecule has 0 amide bonds. The Bertz CT molecular complexity index is 879. The average Bonchev–Trinajstić information content (AvgIpc) is 3.06. The number of aromatic nitrogens is 2. The Morgan fingerprint density at radius 2 is 2.00 bits per heavy atom. The van der Waals surface area contributed by atoms with Gasteiger partial charge < -0.3 is 9.26 Å². The summed E-state index contributed by atoms with van der Waals surface area (Å²) in [5.74, 6) is 2.09. The van der Waals surface area contributed by atoms with Gasteiger partial charge in [-0.1, -0.05) is 45.4 Å². The number of hydrogen-bond donors (Lipinski definition) is 0. The number of nitrogens with zero attached hydrogens (tertiary/aromatic N) is 2. The first-order chi connectivity index (χ1) is 12.9. The van der Waals surface area contributed by atoms with Crippen molar-refractivity contribution < 1.29 is 14.1 Å². The first-order valence-electron chi connectivity index (χ1n) is 9.70. The number of halogens is 1. The smallest absolute Gasteiger partial charge is 0.312 e. The lowest BCUT2D eigenvalue weighted by Gasteiger charge is -2.58. The summed E-state index contributed by atoms with van der Waals surface area (Å²) in [6.07, 6.45) is 6.49. The Labute approximate surface area is 167 Å². The number of benzene rings is 1. The number of rotatable bonds is 4. The van der Waals surface area contributed by atoms with Gasteiger partial charge in [0, 0.05) is 9.89 Å². The summed E-state index contributed by atoms with van der Waals surface area (Å²) >= 11 is 3.94. The number of hydrogen-bond acceptors (Lipinski definition) is 5. The molecule has 1 aromatic heterocycles. The number of esters is 1. The van der Waals surface area contributed by atoms with Gasteiger partial charge >= 0.3 is 5.97 Å². The number of ether oxygens (including phenoxy) is 1. The molecule has 0 spiro atoms. The molecule has 4 fully saturated rings. The zero-order valence-corrected chi connectivity index (χ0v) is 17.0. The Kier molecular flexibility index (Phi) is 3.97. The van der Waals surface area contributed by atoms with Crippen molar-refractivity contribution in [3.8, 4) is 11.4 Å². The van der Waals surface area contributed by atoms with Crippen LogP contribution in [0.5, 0.6) is 0 Å². The molecule has 2 unspecified atom stereocenters. The Morgan fingerprint density at radius 3 is 2.70 bits per heavy atom. The quantitative estimate of drug-likeness (QED) is 0.513. The van der Waals surface area contributed by atoms with Gasteiger partial charge in [0.2, 0.25) is 5.82 Å². The van der Waals surface area contributed by atoms with Gasteiger partial charge in [-0.05, 0) is 62.8 Å². The van der Waals surface area contributed by atoms with E-state index < -0.39 is 0 Å². The highest BCUT2D eigenvalue weighted by Gasteiger charge is 2.60. The SMILES string of the molecule is Cc1ccccc1-c1noc(COC(=O)C23CC4CC(CC(Br)(C4)C2)C3)n1. The molecule has 2 atom stereocenters. The van der Waals surface area contributed by atoms with Crippen LogP contribution in [0.15, 0.2) is 28.8 Å². The summed E-state index contributed by atoms with van der Waals surface area (Å²) in [4.78, 5) is 17.4. The molecular weight excluding hydrogens is 408 g/mol. The maximum absolute atomic E-state index is 13.0. The fourth-order valence-corrected chi connectivity index (χ4v) is 7.37. The third kappa shape index (κ3) is 3.02. The molecule has 5 nitrogen and oxygen atoms in total. The van der Waals surface area contributed by atoms with Crippen LogP contribution in [0, 0.1) is 24.2 Å². The van der Waals surface area contributed by atoms with E-state index in [2.05, 4.69) is 26.1 Å². The first kappa shape index (κ1) is 17.4. The molecule has 4 aliphatic carbocycles. The minimum atomic E-state index is -0.327. The summed E-state index contributed by atoms with van der Waals surface area (Å²) in [7, 11) is 0. The maximum Gasteiger partial charge on any atom is 0.312 e. The zero-order chi connectivity index (χ0) is 18.6. The van der Waals surface area contributed by atoms with Gasteiger partial charge in [-0.2, -0.15) is 4.98 Å². The third-order valence-electron chi connectivity index (χ3n) is 6.60. The number of aryl methyl sites for hydroxylation is 1. The summed E-state index contributed by atoms with van der Waals surface area (Å²) < 4.78 is 11.1. The van der Waals surface area contributed by atoms with Crippen molar-refractivity contribution in [2.45, 2.75) is 56.4 Å². The highest BCUT2D eigenvalue weighted by Crippen LogP contribution is 2.64. The normalized spacial score (nSPS) is 34.0. The van der Waals surface area contributed by atoms with Crippen molar-refractivity contribution in [1.29, 1.82) is 0 Å². The second kappa shape index (κ2) is 6.16. The van der Waals surface area contributed by atoms with Crippen LogP contribution >= 0.6 is 15.9 Å². The lowest BCUT2D eigenvalue weighted by Crippen LogP contribution is -2.56. The fourth-order valence-electron chi connectivity index (χ4n) is 5.92. The van der Waals surface area contributed by atoms with Crippen molar-refractivity contribution >= 4 is 21.9 Å². The first-order valence-corrected chi connectivity index (χ1v) is 10.5. The number of carbonyl (C=O) groups is 1. The second-order valence-corrected chi connectivity index (χ2v) is 10.5. The van der Waals surface area contributed by atoms with Crippen LogP contribution in [-0.2, 0) is 16.1 Å². The lowest BCUT2D eigenvalue weighted by molar-refractivity contribution is -0.171. The van der Waals surface area contributed by atoms with Crippen LogP contribution in [0.25, 0.3) is 11.4 Å². The Morgan fingerprint density at radius 1 is 1.26 bits per heavy atom. The van der Waals surface area contributed by atoms with Crippen LogP contribution in [0.2, 0.25) is 0 Å². The van der Waals surface area contributed by atoms with Gasteiger partial charge in [0.15, 0.2) is 6.61 Å². The van der Waals surface area contributed by atoms with Gasteiger partial charge in [0.25, 0.3) is 5.89 Å². The molecule has 0 aliphatic heterocycles. The Hall–Kier alpha value is -1.69. The highest BCUT2D eigenvalue weighted by atomic mass is 79.9. The number of alkyl halides is 1. The van der Waals surface area contributed by atoms with Gasteiger partial charge in [-0.3, -0.25) is 4.79 Å². The standard InChI is InChI=1S/C21H23BrN2O3/c1-13-4-2-3-5-16(13)18-23-17(27-24-18)11-26-19(25)20-7-14-6-15(8-20)10-21(22,9-14)12-20/h2-5,14-15H,6-12H2,1H3. The minimum absolute atomic E-state index is 0.0457. The van der Waals surface area contributed by atoms with Gasteiger partial charge in [-0.25, -0.2) is 0 Å². The lowest BCUT2D eigenvalue weighted by atomic mass is 9.49. The van der Waals surface area contributed by atoms with E-state index in [-0.39, 0.29) is 22.3 Å². The van der Waals surface area contributed by atoms with Crippen LogP contribution in [0.3, 0.4) is 0 Å². The zero-order valence-electron chi connectivity index (χ0n) is 15.4. The van der Waals surface area contributed by atoms with E-state index in [1.54, 1.807) is 0 Å². The molecule has 0 radical (unpaired) electrons. The molecule has 0 saturated heterocycles. The van der Waals surface area contributed by atoms with Crippen molar-refractivity contribution in [2.75, 3.05) is 0 Å². The predicted molar refractivity (Wildman–Crippen MR) is 103 cm³/mol. The second-order valence-electron chi connectivity index (χ2n) is 8.80. The summed E-state index contributed by atoms with van der Waals surface area (Å²) in [5.41, 5.74) is 1.69. The molecule has 4 saturated carbocycles. The average molecular weight is 431 g/mol. The molecule has 6 rings (SSSR count). The van der Waals surface area contributed by atoms with E-state index in [1.165, 1.54) is 19.3 Å². The van der Waals surface area contributed by atoms with Crippen molar-refractivity contribution in [2.24, 2.45) is 17.3 Å². The molecule has 142 valence electrons. The van der Waals surface area contributed by atoms with E-state index >= 15 is 0 Å². The summed E-state index contributed by atoms with van der Waals surface area (Å²) in [6.45, 7) is 2.05. The fraction of sp³-hybridized carbons (Fsp3) is 0.571. The van der Waals surface area contributed by atoms with Gasteiger partial charge in [0.05, 0.1) is 5.41 Å². The highest BCUT2D eigenvalue weighted by molar-refractivity contribution is 9.10. The minimum Gasteiger partial charge on any atom is -0.455 e. The topological polar surface area (TPSA) is 65.2 Å². The molecular formula is C21H23BrN2O3. The van der Waals surface area contributed by atoms with E-state index in [4.69, 9.17) is 9.26 Å². The molecule has 0 N–H and O–H groups in total. The van der Waals surface area contributed by atoms with Crippen LogP contribution < -0.4 is 0 Å². The van der Waals surface area contributed by atoms with Crippen molar-refractivity contribution in [3.63, 3.8) is 0 Å². The van der Waals surface area contributed by atoms with E-state index in [0.717, 1.165) is 30.4 Å². The summed E-state index contributed by atoms with van der Waals surface area (Å²) in [5, 5.41) is 4.04. The van der Waals surface area contributed by atoms with Crippen molar-refractivity contribution in [1.82, 2.24) is 10.1 Å². The molecule has 1 heterocycles. The molecule has 4 aliphatic rings.